The Hall–Kier alpha value is -1.53. The van der Waals surface area contributed by atoms with Gasteiger partial charge in [0.25, 0.3) is 5.91 Å². The lowest BCUT2D eigenvalue weighted by molar-refractivity contribution is 0.0944. The maximum atomic E-state index is 13.1. The van der Waals surface area contributed by atoms with Crippen LogP contribution in [0.3, 0.4) is 0 Å². The zero-order valence-electron chi connectivity index (χ0n) is 8.76. The molecule has 0 spiro atoms. The van der Waals surface area contributed by atoms with Gasteiger partial charge in [-0.1, -0.05) is 30.5 Å². The SMILES string of the molecule is C#CC(CC)NC(=O)c1cccc(F)c1Cl. The van der Waals surface area contributed by atoms with Crippen LogP contribution in [-0.4, -0.2) is 11.9 Å². The third-order valence-corrected chi connectivity index (χ3v) is 2.50. The van der Waals surface area contributed by atoms with Crippen LogP contribution in [0.5, 0.6) is 0 Å². The van der Waals surface area contributed by atoms with Crippen molar-refractivity contribution in [3.05, 3.63) is 34.6 Å². The minimum atomic E-state index is -0.622. The second-order valence-electron chi connectivity index (χ2n) is 3.20. The monoisotopic (exact) mass is 239 g/mol. The Labute approximate surface area is 98.8 Å². The minimum absolute atomic E-state index is 0.0929. The molecule has 0 aromatic heterocycles. The molecule has 4 heteroatoms. The molecule has 1 unspecified atom stereocenters. The molecule has 2 nitrogen and oxygen atoms in total. The van der Waals surface area contributed by atoms with Crippen molar-refractivity contribution in [3.63, 3.8) is 0 Å². The predicted molar refractivity (Wildman–Crippen MR) is 61.8 cm³/mol. The molecule has 0 radical (unpaired) electrons. The lowest BCUT2D eigenvalue weighted by Crippen LogP contribution is -2.33. The van der Waals surface area contributed by atoms with Crippen LogP contribution in [0.4, 0.5) is 4.39 Å². The van der Waals surface area contributed by atoms with Gasteiger partial charge in [0.2, 0.25) is 0 Å². The van der Waals surface area contributed by atoms with Crippen LogP contribution in [0.15, 0.2) is 18.2 Å². The predicted octanol–water partition coefficient (Wildman–Crippen LogP) is 2.62. The van der Waals surface area contributed by atoms with Gasteiger partial charge in [-0.15, -0.1) is 6.42 Å². The Morgan fingerprint density at radius 1 is 1.69 bits per heavy atom. The fraction of sp³-hybridized carbons (Fsp3) is 0.250. The molecule has 1 amide bonds. The van der Waals surface area contributed by atoms with E-state index >= 15 is 0 Å². The molecule has 84 valence electrons. The van der Waals surface area contributed by atoms with E-state index in [9.17, 15) is 9.18 Å². The van der Waals surface area contributed by atoms with Crippen LogP contribution in [0.1, 0.15) is 23.7 Å². The first-order valence-electron chi connectivity index (χ1n) is 4.81. The first kappa shape index (κ1) is 12.5. The largest absolute Gasteiger partial charge is 0.338 e. The van der Waals surface area contributed by atoms with Crippen molar-refractivity contribution in [2.24, 2.45) is 0 Å². The van der Waals surface area contributed by atoms with Crippen LogP contribution >= 0.6 is 11.6 Å². The van der Waals surface area contributed by atoms with E-state index in [2.05, 4.69) is 11.2 Å². The number of hydrogen-bond donors (Lipinski definition) is 1. The second kappa shape index (κ2) is 5.53. The van der Waals surface area contributed by atoms with E-state index in [4.69, 9.17) is 18.0 Å². The van der Waals surface area contributed by atoms with Gasteiger partial charge < -0.3 is 5.32 Å². The van der Waals surface area contributed by atoms with Gasteiger partial charge in [-0.3, -0.25) is 4.79 Å². The topological polar surface area (TPSA) is 29.1 Å². The summed E-state index contributed by atoms with van der Waals surface area (Å²) < 4.78 is 13.1. The summed E-state index contributed by atoms with van der Waals surface area (Å²) in [5, 5.41) is 2.39. The van der Waals surface area contributed by atoms with E-state index in [1.54, 1.807) is 0 Å². The molecule has 0 aliphatic heterocycles. The second-order valence-corrected chi connectivity index (χ2v) is 3.58. The van der Waals surface area contributed by atoms with Crippen molar-refractivity contribution in [2.45, 2.75) is 19.4 Å². The Balaban J connectivity index is 2.90. The number of nitrogens with one attached hydrogen (secondary N) is 1. The van der Waals surface area contributed by atoms with Crippen molar-refractivity contribution in [1.82, 2.24) is 5.32 Å². The lowest BCUT2D eigenvalue weighted by Gasteiger charge is -2.11. The minimum Gasteiger partial charge on any atom is -0.338 e. The third-order valence-electron chi connectivity index (χ3n) is 2.11. The molecule has 16 heavy (non-hydrogen) atoms. The molecule has 0 aliphatic carbocycles. The summed E-state index contributed by atoms with van der Waals surface area (Å²) in [6.45, 7) is 1.85. The summed E-state index contributed by atoms with van der Waals surface area (Å²) in [5.74, 6) is 1.33. The molecule has 1 aromatic rings. The van der Waals surface area contributed by atoms with Gasteiger partial charge >= 0.3 is 0 Å². The van der Waals surface area contributed by atoms with Crippen molar-refractivity contribution >= 4 is 17.5 Å². The highest BCUT2D eigenvalue weighted by atomic mass is 35.5. The highest BCUT2D eigenvalue weighted by Gasteiger charge is 2.15. The molecular weight excluding hydrogens is 229 g/mol. The number of terminal acetylenes is 1. The van der Waals surface area contributed by atoms with Crippen molar-refractivity contribution < 1.29 is 9.18 Å². The number of rotatable bonds is 3. The average Bonchev–Trinajstić information content (AvgIpc) is 2.29. The molecule has 1 N–H and O–H groups in total. The van der Waals surface area contributed by atoms with Gasteiger partial charge in [0.1, 0.15) is 5.82 Å². The molecular formula is C12H11ClFNO. The molecule has 0 aliphatic rings. The number of halogens is 2. The van der Waals surface area contributed by atoms with Crippen molar-refractivity contribution in [1.29, 1.82) is 0 Å². The summed E-state index contributed by atoms with van der Waals surface area (Å²) >= 11 is 5.67. The standard InChI is InChI=1S/C12H11ClFNO/c1-3-8(4-2)15-12(16)9-6-5-7-10(14)11(9)13/h1,5-8H,4H2,2H3,(H,15,16). The third kappa shape index (κ3) is 2.74. The van der Waals surface area contributed by atoms with E-state index < -0.39 is 11.7 Å². The summed E-state index contributed by atoms with van der Waals surface area (Å²) in [6, 6.07) is 3.70. The zero-order valence-corrected chi connectivity index (χ0v) is 9.51. The van der Waals surface area contributed by atoms with Crippen LogP contribution < -0.4 is 5.32 Å². The maximum absolute atomic E-state index is 13.1. The van der Waals surface area contributed by atoms with Gasteiger partial charge in [-0.25, -0.2) is 4.39 Å². The van der Waals surface area contributed by atoms with E-state index in [0.29, 0.717) is 6.42 Å². The summed E-state index contributed by atoms with van der Waals surface area (Å²) in [6.07, 6.45) is 5.81. The normalized spacial score (nSPS) is 11.6. The van der Waals surface area contributed by atoms with E-state index in [1.165, 1.54) is 18.2 Å². The van der Waals surface area contributed by atoms with Crippen LogP contribution in [0, 0.1) is 18.2 Å². The molecule has 1 aromatic carbocycles. The van der Waals surface area contributed by atoms with Gasteiger partial charge in [0.15, 0.2) is 0 Å². The van der Waals surface area contributed by atoms with E-state index in [1.807, 2.05) is 6.92 Å². The Morgan fingerprint density at radius 2 is 2.38 bits per heavy atom. The first-order valence-corrected chi connectivity index (χ1v) is 5.19. The van der Waals surface area contributed by atoms with Crippen LogP contribution in [-0.2, 0) is 0 Å². The lowest BCUT2D eigenvalue weighted by atomic mass is 10.1. The molecule has 0 bridgehead atoms. The van der Waals surface area contributed by atoms with Gasteiger partial charge in [0.05, 0.1) is 16.6 Å². The van der Waals surface area contributed by atoms with Crippen LogP contribution in [0.2, 0.25) is 5.02 Å². The fourth-order valence-corrected chi connectivity index (χ4v) is 1.39. The number of hydrogen-bond acceptors (Lipinski definition) is 1. The number of carbonyl (C=O) groups is 1. The molecule has 0 heterocycles. The van der Waals surface area contributed by atoms with E-state index in [0.717, 1.165) is 0 Å². The Kier molecular flexibility index (Phi) is 4.33. The maximum Gasteiger partial charge on any atom is 0.253 e. The highest BCUT2D eigenvalue weighted by Crippen LogP contribution is 2.19. The van der Waals surface area contributed by atoms with Gasteiger partial charge in [-0.2, -0.15) is 0 Å². The van der Waals surface area contributed by atoms with Crippen LogP contribution in [0.25, 0.3) is 0 Å². The average molecular weight is 240 g/mol. The summed E-state index contributed by atoms with van der Waals surface area (Å²) in [7, 11) is 0. The Bertz CT molecular complexity index is 439. The van der Waals surface area contributed by atoms with Crippen molar-refractivity contribution in [2.75, 3.05) is 0 Å². The number of carbonyl (C=O) groups excluding carboxylic acids is 1. The summed E-state index contributed by atoms with van der Waals surface area (Å²) in [5.41, 5.74) is 0.0929. The summed E-state index contributed by atoms with van der Waals surface area (Å²) in [4.78, 5) is 11.7. The fourth-order valence-electron chi connectivity index (χ4n) is 1.18. The quantitative estimate of drug-likeness (QED) is 0.808. The van der Waals surface area contributed by atoms with Crippen molar-refractivity contribution in [3.8, 4) is 12.3 Å². The molecule has 1 atom stereocenters. The molecule has 0 fully saturated rings. The smallest absolute Gasteiger partial charge is 0.253 e. The molecule has 0 saturated carbocycles. The first-order chi connectivity index (χ1) is 7.60. The molecule has 0 saturated heterocycles. The highest BCUT2D eigenvalue weighted by molar-refractivity contribution is 6.34. The van der Waals surface area contributed by atoms with Gasteiger partial charge in [-0.05, 0) is 18.6 Å². The zero-order chi connectivity index (χ0) is 12.1. The van der Waals surface area contributed by atoms with Gasteiger partial charge in [0, 0.05) is 0 Å². The number of amides is 1. The molecule has 1 rings (SSSR count). The Morgan fingerprint density at radius 3 is 2.94 bits per heavy atom. The van der Waals surface area contributed by atoms with E-state index in [-0.39, 0.29) is 16.6 Å². The number of benzene rings is 1.